The van der Waals surface area contributed by atoms with Gasteiger partial charge in [0, 0.05) is 36.2 Å². The predicted octanol–water partition coefficient (Wildman–Crippen LogP) is 2.72. The molecule has 0 atom stereocenters. The monoisotopic (exact) mass is 471 g/mol. The molecule has 0 saturated carbocycles. The van der Waals surface area contributed by atoms with Crippen LogP contribution < -0.4 is 16.0 Å². The highest BCUT2D eigenvalue weighted by Crippen LogP contribution is 2.22. The Morgan fingerprint density at radius 3 is 2.62 bits per heavy atom. The zero-order valence-electron chi connectivity index (χ0n) is 16.2. The number of nitrogens with one attached hydrogen (secondary N) is 4. The number of aliphatic imine (C=N–C) groups is 1. The lowest BCUT2D eigenvalue weighted by Crippen LogP contribution is -2.48. The summed E-state index contributed by atoms with van der Waals surface area (Å²) in [7, 11) is 1.70. The molecule has 2 rings (SSSR count). The van der Waals surface area contributed by atoms with Crippen LogP contribution in [0.15, 0.2) is 29.4 Å². The second-order valence-electron chi connectivity index (χ2n) is 7.21. The van der Waals surface area contributed by atoms with E-state index >= 15 is 0 Å². The van der Waals surface area contributed by atoms with E-state index in [0.29, 0.717) is 5.96 Å². The van der Waals surface area contributed by atoms with E-state index in [1.165, 1.54) is 16.5 Å². The van der Waals surface area contributed by atoms with Crippen molar-refractivity contribution in [2.75, 3.05) is 20.1 Å². The Morgan fingerprint density at radius 1 is 1.23 bits per heavy atom. The molecule has 6 nitrogen and oxygen atoms in total. The van der Waals surface area contributed by atoms with Crippen LogP contribution in [0.5, 0.6) is 0 Å². The molecule has 0 aliphatic carbocycles. The molecule has 1 amide bonds. The lowest BCUT2D eigenvalue weighted by Gasteiger charge is -2.21. The molecule has 1 aromatic heterocycles. The molecule has 0 bridgehead atoms. The van der Waals surface area contributed by atoms with Gasteiger partial charge in [-0.05, 0) is 51.3 Å². The lowest BCUT2D eigenvalue weighted by molar-refractivity contribution is -0.121. The summed E-state index contributed by atoms with van der Waals surface area (Å²) in [5, 5.41) is 10.5. The first-order valence-corrected chi connectivity index (χ1v) is 8.61. The molecule has 4 N–H and O–H groups in total. The van der Waals surface area contributed by atoms with Crippen LogP contribution in [0.3, 0.4) is 0 Å². The number of carbonyl (C=O) groups is 1. The highest BCUT2D eigenvalue weighted by molar-refractivity contribution is 14.0. The number of aromatic amines is 1. The molecule has 26 heavy (non-hydrogen) atoms. The van der Waals surface area contributed by atoms with Crippen LogP contribution in [0, 0.1) is 6.92 Å². The number of fused-ring (bicyclic) bond motifs is 1. The van der Waals surface area contributed by atoms with Gasteiger partial charge in [0.2, 0.25) is 5.91 Å². The van der Waals surface area contributed by atoms with Gasteiger partial charge in [-0.25, -0.2) is 0 Å². The van der Waals surface area contributed by atoms with Crippen molar-refractivity contribution in [3.05, 3.63) is 35.5 Å². The number of nitrogens with zero attached hydrogens (tertiary/aromatic N) is 1. The van der Waals surface area contributed by atoms with Gasteiger partial charge in [-0.15, -0.1) is 24.0 Å². The van der Waals surface area contributed by atoms with Crippen LogP contribution in [0.2, 0.25) is 0 Å². The number of hydrogen-bond acceptors (Lipinski definition) is 2. The summed E-state index contributed by atoms with van der Waals surface area (Å²) in [5.74, 6) is 0.573. The fraction of sp³-hybridized carbons (Fsp3) is 0.474. The molecular formula is C19H30IN5O. The Bertz CT molecular complexity index is 761. The summed E-state index contributed by atoms with van der Waals surface area (Å²) in [5.41, 5.74) is 3.48. The minimum atomic E-state index is -0.233. The number of amides is 1. The zero-order valence-corrected chi connectivity index (χ0v) is 18.5. The van der Waals surface area contributed by atoms with E-state index in [0.717, 1.165) is 18.5 Å². The zero-order chi connectivity index (χ0) is 18.4. The Morgan fingerprint density at radius 2 is 1.96 bits per heavy atom. The van der Waals surface area contributed by atoms with Gasteiger partial charge in [0.15, 0.2) is 5.96 Å². The Labute approximate surface area is 172 Å². The van der Waals surface area contributed by atoms with Crippen LogP contribution in [-0.4, -0.2) is 42.5 Å². The molecular weight excluding hydrogens is 441 g/mol. The number of halogens is 1. The number of H-pyrrole nitrogens is 1. The van der Waals surface area contributed by atoms with E-state index in [1.54, 1.807) is 7.05 Å². The second kappa shape index (κ2) is 9.80. The smallest absolute Gasteiger partial charge is 0.239 e. The maximum absolute atomic E-state index is 11.9. The topological polar surface area (TPSA) is 81.3 Å². The van der Waals surface area contributed by atoms with Crippen molar-refractivity contribution >= 4 is 46.7 Å². The SMILES string of the molecule is CN=C(NCCc1c[nH]c2cccc(C)c12)NCC(=O)NC(C)(C)C.I. The van der Waals surface area contributed by atoms with Crippen LogP contribution in [-0.2, 0) is 11.2 Å². The number of carbonyl (C=O) groups excluding carboxylic acids is 1. The van der Waals surface area contributed by atoms with E-state index in [1.807, 2.05) is 20.8 Å². The normalized spacial score (nSPS) is 11.8. The first-order chi connectivity index (χ1) is 11.8. The van der Waals surface area contributed by atoms with E-state index in [9.17, 15) is 4.79 Å². The van der Waals surface area contributed by atoms with Crippen molar-refractivity contribution < 1.29 is 4.79 Å². The van der Waals surface area contributed by atoms with Gasteiger partial charge in [0.25, 0.3) is 0 Å². The van der Waals surface area contributed by atoms with Crippen molar-refractivity contribution in [2.45, 2.75) is 39.7 Å². The van der Waals surface area contributed by atoms with Gasteiger partial charge in [-0.3, -0.25) is 9.79 Å². The van der Waals surface area contributed by atoms with Gasteiger partial charge in [-0.1, -0.05) is 12.1 Å². The third-order valence-corrected chi connectivity index (χ3v) is 3.84. The summed E-state index contributed by atoms with van der Waals surface area (Å²) in [6.45, 7) is 8.94. The molecule has 0 spiro atoms. The quantitative estimate of drug-likeness (QED) is 0.308. The molecule has 1 heterocycles. The third-order valence-electron chi connectivity index (χ3n) is 3.84. The van der Waals surface area contributed by atoms with Crippen LogP contribution in [0.1, 0.15) is 31.9 Å². The summed E-state index contributed by atoms with van der Waals surface area (Å²) in [4.78, 5) is 19.3. The number of rotatable bonds is 5. The highest BCUT2D eigenvalue weighted by atomic mass is 127. The minimum Gasteiger partial charge on any atom is -0.361 e. The molecule has 0 radical (unpaired) electrons. The van der Waals surface area contributed by atoms with E-state index in [4.69, 9.17) is 0 Å². The van der Waals surface area contributed by atoms with Gasteiger partial charge in [0.1, 0.15) is 0 Å². The first-order valence-electron chi connectivity index (χ1n) is 8.61. The van der Waals surface area contributed by atoms with Gasteiger partial charge >= 0.3 is 0 Å². The largest absolute Gasteiger partial charge is 0.361 e. The molecule has 1 aromatic carbocycles. The lowest BCUT2D eigenvalue weighted by atomic mass is 10.1. The average molecular weight is 471 g/mol. The van der Waals surface area contributed by atoms with Crippen molar-refractivity contribution in [1.82, 2.24) is 20.9 Å². The fourth-order valence-corrected chi connectivity index (χ4v) is 2.81. The Hall–Kier alpha value is -1.77. The maximum Gasteiger partial charge on any atom is 0.239 e. The standard InChI is InChI=1S/C19H29N5O.HI/c1-13-7-6-8-15-17(13)14(11-22-15)9-10-21-18(20-5)23-12-16(25)24-19(2,3)4;/h6-8,11,22H,9-10,12H2,1-5H3,(H,24,25)(H2,20,21,23);1H. The molecule has 0 aliphatic heterocycles. The van der Waals surface area contributed by atoms with E-state index in [-0.39, 0.29) is 42.0 Å². The molecule has 0 aliphatic rings. The summed E-state index contributed by atoms with van der Waals surface area (Å²) < 4.78 is 0. The number of benzene rings is 1. The molecule has 7 heteroatoms. The first kappa shape index (κ1) is 22.3. The van der Waals surface area contributed by atoms with Crippen LogP contribution in [0.25, 0.3) is 10.9 Å². The van der Waals surface area contributed by atoms with Crippen molar-refractivity contribution in [3.8, 4) is 0 Å². The van der Waals surface area contributed by atoms with E-state index < -0.39 is 0 Å². The number of hydrogen-bond donors (Lipinski definition) is 4. The molecule has 0 unspecified atom stereocenters. The highest BCUT2D eigenvalue weighted by Gasteiger charge is 2.13. The fourth-order valence-electron chi connectivity index (χ4n) is 2.81. The summed E-state index contributed by atoms with van der Waals surface area (Å²) >= 11 is 0. The Balaban J connectivity index is 0.00000338. The molecule has 2 aromatic rings. The van der Waals surface area contributed by atoms with Crippen LogP contribution in [0.4, 0.5) is 0 Å². The van der Waals surface area contributed by atoms with Gasteiger partial charge in [-0.2, -0.15) is 0 Å². The average Bonchev–Trinajstić information content (AvgIpc) is 2.93. The van der Waals surface area contributed by atoms with Crippen molar-refractivity contribution in [1.29, 1.82) is 0 Å². The van der Waals surface area contributed by atoms with Gasteiger partial charge < -0.3 is 20.9 Å². The minimum absolute atomic E-state index is 0. The summed E-state index contributed by atoms with van der Waals surface area (Å²) in [6, 6.07) is 6.28. The molecule has 144 valence electrons. The summed E-state index contributed by atoms with van der Waals surface area (Å²) in [6.07, 6.45) is 2.94. The third kappa shape index (κ3) is 6.51. The molecule has 0 saturated heterocycles. The second-order valence-corrected chi connectivity index (χ2v) is 7.21. The number of aromatic nitrogens is 1. The Kier molecular flexibility index (Phi) is 8.39. The maximum atomic E-state index is 11.9. The van der Waals surface area contributed by atoms with Gasteiger partial charge in [0.05, 0.1) is 6.54 Å². The van der Waals surface area contributed by atoms with Crippen LogP contribution >= 0.6 is 24.0 Å². The number of aryl methyl sites for hydroxylation is 1. The molecule has 0 fully saturated rings. The van der Waals surface area contributed by atoms with Crippen molar-refractivity contribution in [2.24, 2.45) is 4.99 Å². The predicted molar refractivity (Wildman–Crippen MR) is 119 cm³/mol. The number of guanidine groups is 1. The van der Waals surface area contributed by atoms with E-state index in [2.05, 4.69) is 57.2 Å². The van der Waals surface area contributed by atoms with Crippen molar-refractivity contribution in [3.63, 3.8) is 0 Å².